The Morgan fingerprint density at radius 1 is 0.865 bits per heavy atom. The van der Waals surface area contributed by atoms with Crippen molar-refractivity contribution >= 4 is 93.0 Å². The van der Waals surface area contributed by atoms with Gasteiger partial charge in [0.25, 0.3) is 17.7 Å². The number of carbonyl (C=O) groups is 2. The Kier molecular flexibility index (Phi) is 55.5. The SMILES string of the molecule is CC(=O)F.CC1(F)OC1Cl.CO/C(Cl)=C(/C)F.COC/C(F)=C\Cl.O=CCl.OO/C(Cl)=C(/F)C(F)F.OOC(Cl)C(F)=C(F)F.OOC/C(F)=C/Cl. The molecule has 1 heterocycles. The molecule has 0 aromatic rings. The molecular weight excluding hydrogens is 909 g/mol. The van der Waals surface area contributed by atoms with E-state index in [1.807, 2.05) is 0 Å². The predicted octanol–water partition coefficient (Wildman–Crippen LogP) is 11.7. The van der Waals surface area contributed by atoms with Gasteiger partial charge in [0.2, 0.25) is 34.0 Å². The Morgan fingerprint density at radius 3 is 1.29 bits per heavy atom. The summed E-state index contributed by atoms with van der Waals surface area (Å²) in [7, 11) is 2.71. The minimum Gasteiger partial charge on any atom is -0.484 e. The molecule has 1 aliphatic rings. The molecule has 3 N–H and O–H groups in total. The van der Waals surface area contributed by atoms with Crippen LogP contribution in [0.15, 0.2) is 56.7 Å². The van der Waals surface area contributed by atoms with Crippen LogP contribution in [0.1, 0.15) is 20.8 Å². The van der Waals surface area contributed by atoms with E-state index in [-0.39, 0.29) is 17.6 Å². The Hall–Kier alpha value is -1.38. The van der Waals surface area contributed by atoms with Gasteiger partial charge in [-0.3, -0.25) is 14.8 Å². The zero-order valence-electron chi connectivity index (χ0n) is 26.3. The normalized spacial score (nSPS) is 16.8. The topological polar surface area (TPSA) is 154 Å². The van der Waals surface area contributed by atoms with E-state index < -0.39 is 76.5 Å². The molecule has 1 rings (SSSR count). The van der Waals surface area contributed by atoms with Gasteiger partial charge in [0, 0.05) is 25.1 Å². The fraction of sp³-hybridized carbons (Fsp3) is 0.478. The summed E-state index contributed by atoms with van der Waals surface area (Å²) < 4.78 is 138. The molecule has 11 nitrogen and oxygen atoms in total. The van der Waals surface area contributed by atoms with Gasteiger partial charge < -0.3 is 19.1 Å². The first-order valence-corrected chi connectivity index (χ1v) is 14.4. The molecule has 312 valence electrons. The van der Waals surface area contributed by atoms with E-state index in [4.69, 9.17) is 71.8 Å². The zero-order valence-corrected chi connectivity index (χ0v) is 31.6. The Bertz CT molecular complexity index is 1040. The van der Waals surface area contributed by atoms with E-state index in [2.05, 4.69) is 63.7 Å². The van der Waals surface area contributed by atoms with Crippen LogP contribution in [-0.4, -0.2) is 78.4 Å². The van der Waals surface area contributed by atoms with Gasteiger partial charge in [-0.25, -0.2) is 55.4 Å². The first-order chi connectivity index (χ1) is 23.8. The smallest absolute Gasteiger partial charge is 0.305 e. The van der Waals surface area contributed by atoms with Gasteiger partial charge in [-0.1, -0.05) is 46.4 Å². The summed E-state index contributed by atoms with van der Waals surface area (Å²) in [5.74, 6) is -6.93. The summed E-state index contributed by atoms with van der Waals surface area (Å²) in [6.07, 6.45) is -5.96. The third-order valence-electron chi connectivity index (χ3n) is 2.79. The van der Waals surface area contributed by atoms with Crippen LogP contribution in [-0.2, 0) is 38.5 Å². The van der Waals surface area contributed by atoms with E-state index in [1.54, 1.807) is 0 Å². The highest BCUT2D eigenvalue weighted by atomic mass is 35.5. The van der Waals surface area contributed by atoms with E-state index in [0.29, 0.717) is 5.54 Å². The van der Waals surface area contributed by atoms with E-state index in [9.17, 15) is 48.3 Å². The molecule has 1 fully saturated rings. The summed E-state index contributed by atoms with van der Waals surface area (Å²) in [6, 6.07) is -1.33. The number of epoxide rings is 1. The monoisotopic (exact) mass is 934 g/mol. The van der Waals surface area contributed by atoms with Crippen LogP contribution in [0.3, 0.4) is 0 Å². The van der Waals surface area contributed by atoms with Gasteiger partial charge in [0.05, 0.1) is 13.7 Å². The van der Waals surface area contributed by atoms with Crippen molar-refractivity contribution in [2.24, 2.45) is 0 Å². The maximum absolute atomic E-state index is 11.8. The van der Waals surface area contributed by atoms with Gasteiger partial charge in [0.15, 0.2) is 11.4 Å². The van der Waals surface area contributed by atoms with Crippen molar-refractivity contribution < 1.29 is 103 Å². The molecule has 1 saturated heterocycles. The molecule has 0 aromatic heterocycles. The van der Waals surface area contributed by atoms with E-state index in [1.165, 1.54) is 28.1 Å². The Labute approximate surface area is 322 Å². The first kappa shape index (κ1) is 65.5. The van der Waals surface area contributed by atoms with Crippen molar-refractivity contribution in [3.05, 3.63) is 56.7 Å². The molecule has 52 heavy (non-hydrogen) atoms. The first-order valence-electron chi connectivity index (χ1n) is 11.5. The molecular formula is C23H28Cl7F11O11. The van der Waals surface area contributed by atoms with Crippen molar-refractivity contribution in [2.45, 2.75) is 44.2 Å². The fourth-order valence-corrected chi connectivity index (χ4v) is 1.30. The molecule has 0 amide bonds. The second-order valence-electron chi connectivity index (χ2n) is 6.85. The number of alkyl halides is 5. The third kappa shape index (κ3) is 57.9. The second kappa shape index (κ2) is 44.0. The second-order valence-corrected chi connectivity index (χ2v) is 8.95. The lowest BCUT2D eigenvalue weighted by molar-refractivity contribution is -0.251. The molecule has 1 aliphatic heterocycles. The summed E-state index contributed by atoms with van der Waals surface area (Å²) in [6.45, 7) is 2.86. The predicted molar refractivity (Wildman–Crippen MR) is 169 cm³/mol. The molecule has 0 radical (unpaired) electrons. The average Bonchev–Trinajstić information content (AvgIpc) is 3.65. The minimum atomic E-state index is -3.36. The molecule has 0 aromatic carbocycles. The van der Waals surface area contributed by atoms with Crippen molar-refractivity contribution in [1.29, 1.82) is 0 Å². The summed E-state index contributed by atoms with van der Waals surface area (Å²) in [5, 5.41) is 21.0. The Morgan fingerprint density at radius 2 is 1.21 bits per heavy atom. The molecule has 0 aliphatic carbocycles. The highest BCUT2D eigenvalue weighted by Crippen LogP contribution is 2.39. The molecule has 29 heteroatoms. The van der Waals surface area contributed by atoms with Gasteiger partial charge in [0.1, 0.15) is 18.3 Å². The minimum absolute atomic E-state index is 0.0382. The lowest BCUT2D eigenvalue weighted by Crippen LogP contribution is -2.02. The van der Waals surface area contributed by atoms with Crippen LogP contribution >= 0.6 is 81.2 Å². The van der Waals surface area contributed by atoms with Crippen molar-refractivity contribution in [1.82, 2.24) is 0 Å². The number of allylic oxidation sites excluding steroid dienone is 2. The van der Waals surface area contributed by atoms with Crippen LogP contribution in [0.5, 0.6) is 0 Å². The maximum atomic E-state index is 11.8. The highest BCUT2D eigenvalue weighted by Gasteiger charge is 2.52. The van der Waals surface area contributed by atoms with E-state index >= 15 is 0 Å². The summed E-state index contributed by atoms with van der Waals surface area (Å²) in [5.41, 5.74) is -1.27. The number of halogens is 18. The highest BCUT2D eigenvalue weighted by molar-refractivity contribution is 6.54. The summed E-state index contributed by atoms with van der Waals surface area (Å²) in [4.78, 5) is 26.7. The number of carbonyl (C=O) groups excluding carboxylic acids is 2. The standard InChI is InChI=1S/2C4H6ClFO.2C3H2ClF3O2.C3H4ClFO2.C3H4ClFO.C2H3FO.CHClO/c1-7-3-4(6)2-5;1-3(6)4(5)7-2;2*4-2(9-8)1(5)3(6)7;4-1-3(5)2-7-6;1-3(5)2(4)6-3;1-2(3)4;2-1-3/h2H,3H2,1H3;1-2H3;3,8H;2,8H;1,6H,2H2;2H,1H3;1H3;1H/b4-2+;4-3-;2-1+;;3-1-;;;. The lowest BCUT2D eigenvalue weighted by atomic mass is 10.5. The summed E-state index contributed by atoms with van der Waals surface area (Å²) >= 11 is 33.4. The number of hydrogen-bond acceptors (Lipinski definition) is 11. The van der Waals surface area contributed by atoms with Crippen LogP contribution in [0.25, 0.3) is 0 Å². The van der Waals surface area contributed by atoms with E-state index in [0.717, 1.165) is 12.5 Å². The largest absolute Gasteiger partial charge is 0.484 e. The maximum Gasteiger partial charge on any atom is 0.305 e. The molecule has 3 atom stereocenters. The van der Waals surface area contributed by atoms with Crippen LogP contribution in [0.4, 0.5) is 48.3 Å². The van der Waals surface area contributed by atoms with Gasteiger partial charge in [-0.05, 0) is 48.7 Å². The number of ether oxygens (including phenoxy) is 3. The Balaban J connectivity index is -0.0000000905. The van der Waals surface area contributed by atoms with Crippen molar-refractivity contribution in [3.63, 3.8) is 0 Å². The van der Waals surface area contributed by atoms with Gasteiger partial charge >= 0.3 is 6.08 Å². The van der Waals surface area contributed by atoms with Crippen LogP contribution in [0, 0.1) is 0 Å². The quantitative estimate of drug-likeness (QED) is 0.0296. The average molecular weight is 938 g/mol. The fourth-order valence-electron chi connectivity index (χ4n) is 0.833. The zero-order chi connectivity index (χ0) is 43.2. The molecule has 0 bridgehead atoms. The molecule has 0 saturated carbocycles. The molecule has 3 unspecified atom stereocenters. The van der Waals surface area contributed by atoms with Crippen LogP contribution in [0.2, 0.25) is 0 Å². The number of methoxy groups -OCH3 is 2. The number of hydrogen-bond donors (Lipinski definition) is 3. The third-order valence-corrected chi connectivity index (χ3v) is 4.67. The lowest BCUT2D eigenvalue weighted by Gasteiger charge is -1.98. The van der Waals surface area contributed by atoms with Gasteiger partial charge in [-0.15, -0.1) is 0 Å². The van der Waals surface area contributed by atoms with Crippen molar-refractivity contribution in [3.8, 4) is 0 Å². The van der Waals surface area contributed by atoms with Crippen molar-refractivity contribution in [2.75, 3.05) is 27.4 Å². The van der Waals surface area contributed by atoms with Gasteiger partial charge in [-0.2, -0.15) is 13.2 Å². The number of rotatable bonds is 9. The van der Waals surface area contributed by atoms with Crippen LogP contribution < -0.4 is 0 Å². The molecule has 0 spiro atoms.